The van der Waals surface area contributed by atoms with Crippen LogP contribution in [0.3, 0.4) is 0 Å². The SMILES string of the molecule is CC(O)c1cccc(NCCc2cccs2)c1. The first-order valence-electron chi connectivity index (χ1n) is 5.80. The van der Waals surface area contributed by atoms with Gasteiger partial charge in [-0.2, -0.15) is 0 Å². The predicted molar refractivity (Wildman–Crippen MR) is 73.6 cm³/mol. The molecule has 0 spiro atoms. The summed E-state index contributed by atoms with van der Waals surface area (Å²) in [5.74, 6) is 0. The number of benzene rings is 1. The molecule has 2 N–H and O–H groups in total. The normalized spacial score (nSPS) is 12.4. The molecule has 0 saturated heterocycles. The molecule has 0 aliphatic carbocycles. The highest BCUT2D eigenvalue weighted by atomic mass is 32.1. The van der Waals surface area contributed by atoms with Crippen LogP contribution in [0.2, 0.25) is 0 Å². The van der Waals surface area contributed by atoms with Gasteiger partial charge in [0.05, 0.1) is 6.10 Å². The second kappa shape index (κ2) is 5.84. The third kappa shape index (κ3) is 3.58. The Morgan fingerprint density at radius 1 is 1.29 bits per heavy atom. The maximum absolute atomic E-state index is 9.50. The van der Waals surface area contributed by atoms with E-state index in [9.17, 15) is 5.11 Å². The molecule has 2 nitrogen and oxygen atoms in total. The number of rotatable bonds is 5. The smallest absolute Gasteiger partial charge is 0.0762 e. The van der Waals surface area contributed by atoms with E-state index in [4.69, 9.17) is 0 Å². The first-order chi connectivity index (χ1) is 8.25. The van der Waals surface area contributed by atoms with Crippen LogP contribution in [0.1, 0.15) is 23.5 Å². The standard InChI is InChI=1S/C14H17NOS/c1-11(16)12-4-2-5-13(10-12)15-8-7-14-6-3-9-17-14/h2-6,9-11,15-16H,7-8H2,1H3. The predicted octanol–water partition coefficient (Wildman–Crippen LogP) is 3.46. The van der Waals surface area contributed by atoms with Crippen molar-refractivity contribution in [3.8, 4) is 0 Å². The molecule has 0 aliphatic rings. The van der Waals surface area contributed by atoms with Crippen molar-refractivity contribution in [1.29, 1.82) is 0 Å². The number of thiophene rings is 1. The lowest BCUT2D eigenvalue weighted by Gasteiger charge is -2.09. The van der Waals surface area contributed by atoms with Gasteiger partial charge in [-0.05, 0) is 42.5 Å². The Hall–Kier alpha value is -1.32. The summed E-state index contributed by atoms with van der Waals surface area (Å²) < 4.78 is 0. The topological polar surface area (TPSA) is 32.3 Å². The Morgan fingerprint density at radius 3 is 2.88 bits per heavy atom. The van der Waals surface area contributed by atoms with Crippen molar-refractivity contribution in [1.82, 2.24) is 0 Å². The molecular formula is C14H17NOS. The molecule has 0 amide bonds. The third-order valence-corrected chi connectivity index (χ3v) is 3.59. The molecule has 2 aromatic rings. The van der Waals surface area contributed by atoms with Crippen molar-refractivity contribution in [3.05, 3.63) is 52.2 Å². The number of anilines is 1. The fourth-order valence-corrected chi connectivity index (χ4v) is 2.40. The van der Waals surface area contributed by atoms with Gasteiger partial charge in [-0.1, -0.05) is 18.2 Å². The van der Waals surface area contributed by atoms with Gasteiger partial charge in [0.15, 0.2) is 0 Å². The lowest BCUT2D eigenvalue weighted by Crippen LogP contribution is -2.04. The second-order valence-corrected chi connectivity index (χ2v) is 5.09. The van der Waals surface area contributed by atoms with Gasteiger partial charge < -0.3 is 10.4 Å². The molecule has 1 heterocycles. The van der Waals surface area contributed by atoms with Crippen LogP contribution in [0.4, 0.5) is 5.69 Å². The Bertz CT molecular complexity index is 451. The Balaban J connectivity index is 1.88. The monoisotopic (exact) mass is 247 g/mol. The van der Waals surface area contributed by atoms with E-state index in [2.05, 4.69) is 22.8 Å². The van der Waals surface area contributed by atoms with Gasteiger partial charge in [-0.15, -0.1) is 11.3 Å². The molecule has 0 bridgehead atoms. The van der Waals surface area contributed by atoms with Gasteiger partial charge in [-0.3, -0.25) is 0 Å². The van der Waals surface area contributed by atoms with Crippen molar-refractivity contribution in [2.24, 2.45) is 0 Å². The summed E-state index contributed by atoms with van der Waals surface area (Å²) in [7, 11) is 0. The zero-order valence-corrected chi connectivity index (χ0v) is 10.7. The van der Waals surface area contributed by atoms with E-state index in [-0.39, 0.29) is 0 Å². The largest absolute Gasteiger partial charge is 0.389 e. The van der Waals surface area contributed by atoms with Crippen LogP contribution in [0.25, 0.3) is 0 Å². The van der Waals surface area contributed by atoms with Crippen LogP contribution in [0.15, 0.2) is 41.8 Å². The van der Waals surface area contributed by atoms with E-state index in [0.717, 1.165) is 24.2 Å². The lowest BCUT2D eigenvalue weighted by molar-refractivity contribution is 0.199. The van der Waals surface area contributed by atoms with Crippen molar-refractivity contribution < 1.29 is 5.11 Å². The fraction of sp³-hybridized carbons (Fsp3) is 0.286. The van der Waals surface area contributed by atoms with Crippen molar-refractivity contribution >= 4 is 17.0 Å². The second-order valence-electron chi connectivity index (χ2n) is 4.06. The minimum Gasteiger partial charge on any atom is -0.389 e. The van der Waals surface area contributed by atoms with Gasteiger partial charge in [-0.25, -0.2) is 0 Å². The summed E-state index contributed by atoms with van der Waals surface area (Å²) in [4.78, 5) is 1.39. The molecule has 3 heteroatoms. The van der Waals surface area contributed by atoms with E-state index in [1.165, 1.54) is 4.88 Å². The summed E-state index contributed by atoms with van der Waals surface area (Å²) in [6.45, 7) is 2.70. The highest BCUT2D eigenvalue weighted by molar-refractivity contribution is 7.09. The van der Waals surface area contributed by atoms with E-state index in [1.807, 2.05) is 24.3 Å². The molecule has 2 rings (SSSR count). The van der Waals surface area contributed by atoms with Gasteiger partial charge in [0, 0.05) is 17.1 Å². The average molecular weight is 247 g/mol. The molecule has 90 valence electrons. The van der Waals surface area contributed by atoms with Crippen LogP contribution in [0, 0.1) is 0 Å². The van der Waals surface area contributed by atoms with Gasteiger partial charge >= 0.3 is 0 Å². The maximum atomic E-state index is 9.50. The number of aliphatic hydroxyl groups excluding tert-OH is 1. The molecule has 0 saturated carbocycles. The summed E-state index contributed by atoms with van der Waals surface area (Å²) >= 11 is 1.79. The third-order valence-electron chi connectivity index (χ3n) is 2.65. The number of hydrogen-bond acceptors (Lipinski definition) is 3. The van der Waals surface area contributed by atoms with E-state index in [0.29, 0.717) is 0 Å². The quantitative estimate of drug-likeness (QED) is 0.848. The van der Waals surface area contributed by atoms with Gasteiger partial charge in [0.2, 0.25) is 0 Å². The van der Waals surface area contributed by atoms with Gasteiger partial charge in [0.1, 0.15) is 0 Å². The molecule has 1 atom stereocenters. The first-order valence-corrected chi connectivity index (χ1v) is 6.68. The van der Waals surface area contributed by atoms with E-state index >= 15 is 0 Å². The van der Waals surface area contributed by atoms with Crippen molar-refractivity contribution in [3.63, 3.8) is 0 Å². The summed E-state index contributed by atoms with van der Waals surface area (Å²) in [5, 5.41) is 15.0. The summed E-state index contributed by atoms with van der Waals surface area (Å²) in [6.07, 6.45) is 0.630. The molecule has 0 aliphatic heterocycles. The Morgan fingerprint density at radius 2 is 2.18 bits per heavy atom. The van der Waals surface area contributed by atoms with Crippen LogP contribution < -0.4 is 5.32 Å². The highest BCUT2D eigenvalue weighted by Gasteiger charge is 2.01. The van der Waals surface area contributed by atoms with Crippen molar-refractivity contribution in [2.45, 2.75) is 19.4 Å². The van der Waals surface area contributed by atoms with Crippen LogP contribution in [-0.4, -0.2) is 11.7 Å². The molecule has 1 unspecified atom stereocenters. The molecule has 1 aromatic carbocycles. The molecule has 0 fully saturated rings. The molecule has 17 heavy (non-hydrogen) atoms. The van der Waals surface area contributed by atoms with E-state index < -0.39 is 6.10 Å². The molecule has 1 aromatic heterocycles. The zero-order valence-electron chi connectivity index (χ0n) is 9.89. The minimum atomic E-state index is -0.408. The van der Waals surface area contributed by atoms with Crippen LogP contribution in [0.5, 0.6) is 0 Å². The first kappa shape index (κ1) is 12.1. The molecular weight excluding hydrogens is 230 g/mol. The Kier molecular flexibility index (Phi) is 4.18. The fourth-order valence-electron chi connectivity index (χ4n) is 1.69. The van der Waals surface area contributed by atoms with Crippen LogP contribution >= 0.6 is 11.3 Å². The van der Waals surface area contributed by atoms with Crippen LogP contribution in [-0.2, 0) is 6.42 Å². The average Bonchev–Trinajstić information content (AvgIpc) is 2.82. The number of hydrogen-bond donors (Lipinski definition) is 2. The molecule has 0 radical (unpaired) electrons. The van der Waals surface area contributed by atoms with Crippen molar-refractivity contribution in [2.75, 3.05) is 11.9 Å². The number of aliphatic hydroxyl groups is 1. The lowest BCUT2D eigenvalue weighted by atomic mass is 10.1. The summed E-state index contributed by atoms with van der Waals surface area (Å²) in [5.41, 5.74) is 2.02. The zero-order chi connectivity index (χ0) is 12.1. The van der Waals surface area contributed by atoms with Gasteiger partial charge in [0.25, 0.3) is 0 Å². The minimum absolute atomic E-state index is 0.408. The Labute approximate surface area is 106 Å². The maximum Gasteiger partial charge on any atom is 0.0762 e. The highest BCUT2D eigenvalue weighted by Crippen LogP contribution is 2.17. The number of nitrogens with one attached hydrogen (secondary N) is 1. The van der Waals surface area contributed by atoms with E-state index in [1.54, 1.807) is 18.3 Å². The summed E-state index contributed by atoms with van der Waals surface area (Å²) in [6, 6.07) is 12.2.